The summed E-state index contributed by atoms with van der Waals surface area (Å²) in [6.45, 7) is 2.44. The molecule has 0 aliphatic carbocycles. The van der Waals surface area contributed by atoms with E-state index >= 15 is 0 Å². The second kappa shape index (κ2) is 6.39. The highest BCUT2D eigenvalue weighted by Gasteiger charge is 2.16. The molecule has 0 aliphatic heterocycles. The third-order valence-corrected chi connectivity index (χ3v) is 3.29. The standard InChI is InChI=1S/C16H19NO3/c1-11(16(18)20-8-7-17)12-3-4-14-10-15(19-2)6-5-13(14)9-12/h3-6,9-11H,7-8,17H2,1-2H3. The van der Waals surface area contributed by atoms with Crippen molar-refractivity contribution in [1.82, 2.24) is 0 Å². The van der Waals surface area contributed by atoms with Crippen LogP contribution in [-0.2, 0) is 9.53 Å². The summed E-state index contributed by atoms with van der Waals surface area (Å²) < 4.78 is 10.3. The van der Waals surface area contributed by atoms with Gasteiger partial charge in [-0.3, -0.25) is 4.79 Å². The first-order chi connectivity index (χ1) is 9.65. The van der Waals surface area contributed by atoms with E-state index in [0.717, 1.165) is 22.1 Å². The maximum absolute atomic E-state index is 11.8. The molecule has 20 heavy (non-hydrogen) atoms. The molecule has 0 aromatic heterocycles. The fourth-order valence-electron chi connectivity index (χ4n) is 2.06. The first-order valence-electron chi connectivity index (χ1n) is 6.60. The molecule has 0 fully saturated rings. The van der Waals surface area contributed by atoms with Crippen molar-refractivity contribution in [1.29, 1.82) is 0 Å². The molecule has 0 radical (unpaired) electrons. The number of esters is 1. The smallest absolute Gasteiger partial charge is 0.313 e. The van der Waals surface area contributed by atoms with Crippen molar-refractivity contribution in [3.8, 4) is 5.75 Å². The molecule has 4 nitrogen and oxygen atoms in total. The highest BCUT2D eigenvalue weighted by Crippen LogP contribution is 2.25. The van der Waals surface area contributed by atoms with Crippen LogP contribution in [0.5, 0.6) is 5.75 Å². The zero-order valence-electron chi connectivity index (χ0n) is 11.8. The maximum Gasteiger partial charge on any atom is 0.313 e. The van der Waals surface area contributed by atoms with Crippen LogP contribution >= 0.6 is 0 Å². The van der Waals surface area contributed by atoms with E-state index in [1.165, 1.54) is 0 Å². The van der Waals surface area contributed by atoms with Crippen LogP contribution in [0.1, 0.15) is 18.4 Å². The van der Waals surface area contributed by atoms with E-state index in [2.05, 4.69) is 0 Å². The third-order valence-electron chi connectivity index (χ3n) is 3.29. The summed E-state index contributed by atoms with van der Waals surface area (Å²) in [5.41, 5.74) is 6.26. The quantitative estimate of drug-likeness (QED) is 0.850. The van der Waals surface area contributed by atoms with Gasteiger partial charge in [0.1, 0.15) is 12.4 Å². The number of fused-ring (bicyclic) bond motifs is 1. The Labute approximate surface area is 118 Å². The monoisotopic (exact) mass is 273 g/mol. The van der Waals surface area contributed by atoms with Gasteiger partial charge in [-0.05, 0) is 35.4 Å². The Balaban J connectivity index is 2.25. The van der Waals surface area contributed by atoms with E-state index in [9.17, 15) is 4.79 Å². The number of carbonyl (C=O) groups excluding carboxylic acids is 1. The Kier molecular flexibility index (Phi) is 4.58. The van der Waals surface area contributed by atoms with Crippen LogP contribution in [0, 0.1) is 0 Å². The van der Waals surface area contributed by atoms with E-state index in [-0.39, 0.29) is 18.5 Å². The van der Waals surface area contributed by atoms with Crippen molar-refractivity contribution in [3.63, 3.8) is 0 Å². The lowest BCUT2D eigenvalue weighted by molar-refractivity contribution is -0.144. The number of carbonyl (C=O) groups is 1. The minimum Gasteiger partial charge on any atom is -0.497 e. The average molecular weight is 273 g/mol. The van der Waals surface area contributed by atoms with Gasteiger partial charge in [-0.15, -0.1) is 0 Å². The molecule has 0 saturated carbocycles. The zero-order chi connectivity index (χ0) is 14.5. The molecule has 0 amide bonds. The van der Waals surface area contributed by atoms with Crippen molar-refractivity contribution in [2.45, 2.75) is 12.8 Å². The predicted octanol–water partition coefficient (Wildman–Crippen LogP) is 2.45. The lowest BCUT2D eigenvalue weighted by Crippen LogP contribution is -2.18. The second-order valence-electron chi connectivity index (χ2n) is 4.65. The molecule has 0 aliphatic rings. The summed E-state index contributed by atoms with van der Waals surface area (Å²) in [5, 5.41) is 2.15. The van der Waals surface area contributed by atoms with Gasteiger partial charge in [-0.25, -0.2) is 0 Å². The Morgan fingerprint density at radius 2 is 1.90 bits per heavy atom. The lowest BCUT2D eigenvalue weighted by Gasteiger charge is -2.12. The van der Waals surface area contributed by atoms with Gasteiger partial charge in [-0.1, -0.05) is 24.3 Å². The fourth-order valence-corrected chi connectivity index (χ4v) is 2.06. The summed E-state index contributed by atoms with van der Waals surface area (Å²) in [5.74, 6) is 0.275. The van der Waals surface area contributed by atoms with Crippen molar-refractivity contribution in [2.24, 2.45) is 5.73 Å². The molecule has 4 heteroatoms. The molecule has 1 atom stereocenters. The largest absolute Gasteiger partial charge is 0.497 e. The van der Waals surface area contributed by atoms with E-state index in [4.69, 9.17) is 15.2 Å². The molecule has 0 spiro atoms. The van der Waals surface area contributed by atoms with Gasteiger partial charge < -0.3 is 15.2 Å². The summed E-state index contributed by atoms with van der Waals surface area (Å²) in [7, 11) is 1.64. The summed E-state index contributed by atoms with van der Waals surface area (Å²) in [4.78, 5) is 11.8. The lowest BCUT2D eigenvalue weighted by atomic mass is 9.98. The molecule has 0 bridgehead atoms. The van der Waals surface area contributed by atoms with Gasteiger partial charge >= 0.3 is 5.97 Å². The number of benzene rings is 2. The number of hydrogen-bond donors (Lipinski definition) is 1. The molecule has 106 valence electrons. The first kappa shape index (κ1) is 14.3. The van der Waals surface area contributed by atoms with Crippen molar-refractivity contribution in [2.75, 3.05) is 20.3 Å². The SMILES string of the molecule is COc1ccc2cc(C(C)C(=O)OCCN)ccc2c1. The Hall–Kier alpha value is -2.07. The highest BCUT2D eigenvalue weighted by atomic mass is 16.5. The number of nitrogens with two attached hydrogens (primary N) is 1. The minimum atomic E-state index is -0.298. The Morgan fingerprint density at radius 1 is 1.20 bits per heavy atom. The Bertz CT molecular complexity index is 610. The van der Waals surface area contributed by atoms with Crippen LogP contribution in [-0.4, -0.2) is 26.2 Å². The molecule has 2 aromatic carbocycles. The number of ether oxygens (including phenoxy) is 2. The molecular formula is C16H19NO3. The third kappa shape index (κ3) is 3.08. The van der Waals surface area contributed by atoms with Gasteiger partial charge in [-0.2, -0.15) is 0 Å². The number of hydrogen-bond acceptors (Lipinski definition) is 4. The van der Waals surface area contributed by atoms with Crippen LogP contribution in [0.15, 0.2) is 36.4 Å². The first-order valence-corrected chi connectivity index (χ1v) is 6.60. The van der Waals surface area contributed by atoms with Crippen LogP contribution in [0.25, 0.3) is 10.8 Å². The Morgan fingerprint density at radius 3 is 2.60 bits per heavy atom. The molecule has 0 heterocycles. The van der Waals surface area contributed by atoms with Gasteiger partial charge in [0.2, 0.25) is 0 Å². The van der Waals surface area contributed by atoms with Crippen molar-refractivity contribution >= 4 is 16.7 Å². The van der Waals surface area contributed by atoms with Gasteiger partial charge in [0, 0.05) is 6.54 Å². The number of rotatable bonds is 5. The average Bonchev–Trinajstić information content (AvgIpc) is 2.50. The van der Waals surface area contributed by atoms with E-state index in [0.29, 0.717) is 6.54 Å². The molecule has 2 rings (SSSR count). The summed E-state index contributed by atoms with van der Waals surface area (Å²) in [6.07, 6.45) is 0. The number of methoxy groups -OCH3 is 1. The van der Waals surface area contributed by atoms with Crippen molar-refractivity contribution in [3.05, 3.63) is 42.0 Å². The van der Waals surface area contributed by atoms with E-state index < -0.39 is 0 Å². The van der Waals surface area contributed by atoms with Crippen LogP contribution in [0.3, 0.4) is 0 Å². The normalized spacial score (nSPS) is 12.2. The van der Waals surface area contributed by atoms with Crippen molar-refractivity contribution < 1.29 is 14.3 Å². The fraction of sp³-hybridized carbons (Fsp3) is 0.312. The molecular weight excluding hydrogens is 254 g/mol. The molecule has 2 aromatic rings. The zero-order valence-corrected chi connectivity index (χ0v) is 11.8. The summed E-state index contributed by atoms with van der Waals surface area (Å²) >= 11 is 0. The van der Waals surface area contributed by atoms with Gasteiger partial charge in [0.25, 0.3) is 0 Å². The van der Waals surface area contributed by atoms with E-state index in [1.54, 1.807) is 7.11 Å². The maximum atomic E-state index is 11.8. The molecule has 0 saturated heterocycles. The second-order valence-corrected chi connectivity index (χ2v) is 4.65. The van der Waals surface area contributed by atoms with E-state index in [1.807, 2.05) is 43.3 Å². The van der Waals surface area contributed by atoms with Crippen LogP contribution < -0.4 is 10.5 Å². The summed E-state index contributed by atoms with van der Waals surface area (Å²) in [6, 6.07) is 11.8. The minimum absolute atomic E-state index is 0.247. The highest BCUT2D eigenvalue weighted by molar-refractivity contribution is 5.86. The predicted molar refractivity (Wildman–Crippen MR) is 78.9 cm³/mol. The van der Waals surface area contributed by atoms with Gasteiger partial charge in [0.05, 0.1) is 13.0 Å². The topological polar surface area (TPSA) is 61.5 Å². The van der Waals surface area contributed by atoms with Gasteiger partial charge in [0.15, 0.2) is 0 Å². The molecule has 1 unspecified atom stereocenters. The molecule has 2 N–H and O–H groups in total. The van der Waals surface area contributed by atoms with Crippen LogP contribution in [0.4, 0.5) is 0 Å². The van der Waals surface area contributed by atoms with Crippen LogP contribution in [0.2, 0.25) is 0 Å².